The number of amides is 1. The van der Waals surface area contributed by atoms with Crippen LogP contribution in [0.15, 0.2) is 48.5 Å². The van der Waals surface area contributed by atoms with Gasteiger partial charge in [-0.2, -0.15) is 0 Å². The lowest BCUT2D eigenvalue weighted by Crippen LogP contribution is -2.29. The number of carbonyl (C=O) groups is 2. The lowest BCUT2D eigenvalue weighted by Gasteiger charge is -2.22. The van der Waals surface area contributed by atoms with Crippen LogP contribution in [0.3, 0.4) is 0 Å². The number of nitrogens with one attached hydrogen (secondary N) is 2. The number of hydrogen-bond acceptors (Lipinski definition) is 4. The Morgan fingerprint density at radius 1 is 1.17 bits per heavy atom. The second kappa shape index (κ2) is 8.47. The summed E-state index contributed by atoms with van der Waals surface area (Å²) in [6.07, 6.45) is 0. The van der Waals surface area contributed by atoms with E-state index in [2.05, 4.69) is 10.6 Å². The minimum absolute atomic E-state index is 0.0298. The molecule has 1 atom stereocenters. The van der Waals surface area contributed by atoms with Crippen LogP contribution in [0.5, 0.6) is 0 Å². The Hall–Kier alpha value is -2.37. The molecule has 0 aliphatic heterocycles. The second-order valence-electron chi connectivity index (χ2n) is 5.21. The molecule has 0 saturated carbocycles. The number of halogens is 1. The molecule has 2 aromatic carbocycles. The van der Waals surface area contributed by atoms with Crippen molar-refractivity contribution < 1.29 is 14.3 Å². The maximum Gasteiger partial charge on any atom is 0.319 e. The molecule has 0 aliphatic rings. The van der Waals surface area contributed by atoms with E-state index < -0.39 is 0 Å². The molecule has 2 aromatic rings. The number of ether oxygens (including phenoxy) is 1. The van der Waals surface area contributed by atoms with E-state index in [9.17, 15) is 9.59 Å². The molecule has 0 heterocycles. The van der Waals surface area contributed by atoms with Gasteiger partial charge in [0.25, 0.3) is 0 Å². The average molecular weight is 347 g/mol. The fourth-order valence-electron chi connectivity index (χ4n) is 2.39. The second-order valence-corrected chi connectivity index (χ2v) is 5.65. The van der Waals surface area contributed by atoms with E-state index in [0.29, 0.717) is 10.7 Å². The van der Waals surface area contributed by atoms with Crippen molar-refractivity contribution in [3.05, 3.63) is 64.7 Å². The Balaban J connectivity index is 2.44. The highest BCUT2D eigenvalue weighted by atomic mass is 35.5. The van der Waals surface area contributed by atoms with Gasteiger partial charge in [0.05, 0.1) is 19.7 Å². The Kier molecular flexibility index (Phi) is 6.35. The van der Waals surface area contributed by atoms with E-state index in [1.807, 2.05) is 30.3 Å². The molecule has 0 saturated heterocycles. The summed E-state index contributed by atoms with van der Waals surface area (Å²) in [5.74, 6) is -0.558. The molecule has 6 heteroatoms. The molecule has 5 nitrogen and oxygen atoms in total. The van der Waals surface area contributed by atoms with E-state index in [4.69, 9.17) is 16.3 Å². The van der Waals surface area contributed by atoms with Crippen molar-refractivity contribution in [1.29, 1.82) is 0 Å². The highest BCUT2D eigenvalue weighted by Gasteiger charge is 2.19. The van der Waals surface area contributed by atoms with Crippen molar-refractivity contribution in [2.24, 2.45) is 0 Å². The number of benzene rings is 2. The van der Waals surface area contributed by atoms with Crippen LogP contribution in [0.1, 0.15) is 24.1 Å². The average Bonchev–Trinajstić information content (AvgIpc) is 2.57. The molecule has 1 unspecified atom stereocenters. The molecule has 0 aromatic heterocycles. The summed E-state index contributed by atoms with van der Waals surface area (Å²) in [5, 5.41) is 6.50. The zero-order chi connectivity index (χ0) is 17.5. The Labute approximate surface area is 146 Å². The first kappa shape index (κ1) is 18.0. The van der Waals surface area contributed by atoms with E-state index in [1.54, 1.807) is 18.2 Å². The predicted octanol–water partition coefficient (Wildman–Crippen LogP) is 3.15. The van der Waals surface area contributed by atoms with Crippen LogP contribution in [-0.2, 0) is 14.3 Å². The van der Waals surface area contributed by atoms with Crippen LogP contribution < -0.4 is 10.6 Å². The van der Waals surface area contributed by atoms with Gasteiger partial charge in [0, 0.05) is 17.6 Å². The predicted molar refractivity (Wildman–Crippen MR) is 94.1 cm³/mol. The highest BCUT2D eigenvalue weighted by molar-refractivity contribution is 6.30. The first-order chi connectivity index (χ1) is 11.5. The standard InChI is InChI=1S/C18H19ClN2O3/c1-12(22)21-16-9-8-14(19)10-15(16)18(20-11-17(23)24-2)13-6-4-3-5-7-13/h3-10,18,20H,11H2,1-2H3,(H,21,22). The third-order valence-corrected chi connectivity index (χ3v) is 3.68. The summed E-state index contributed by atoms with van der Waals surface area (Å²) < 4.78 is 4.69. The molecule has 1 amide bonds. The van der Waals surface area contributed by atoms with Crippen molar-refractivity contribution >= 4 is 29.2 Å². The summed E-state index contributed by atoms with van der Waals surface area (Å²) in [4.78, 5) is 23.0. The topological polar surface area (TPSA) is 67.4 Å². The normalized spacial score (nSPS) is 11.6. The van der Waals surface area contributed by atoms with Gasteiger partial charge in [0.1, 0.15) is 0 Å². The number of anilines is 1. The van der Waals surface area contributed by atoms with Gasteiger partial charge in [-0.25, -0.2) is 0 Å². The first-order valence-corrected chi connectivity index (χ1v) is 7.81. The third-order valence-electron chi connectivity index (χ3n) is 3.45. The summed E-state index contributed by atoms with van der Waals surface area (Å²) >= 11 is 6.14. The summed E-state index contributed by atoms with van der Waals surface area (Å²) in [5.41, 5.74) is 2.35. The van der Waals surface area contributed by atoms with Crippen molar-refractivity contribution in [2.75, 3.05) is 19.0 Å². The minimum Gasteiger partial charge on any atom is -0.468 e. The number of carbonyl (C=O) groups excluding carboxylic acids is 2. The van der Waals surface area contributed by atoms with E-state index in [1.165, 1.54) is 14.0 Å². The van der Waals surface area contributed by atoms with Crippen LogP contribution in [0.4, 0.5) is 5.69 Å². The van der Waals surface area contributed by atoms with E-state index in [-0.39, 0.29) is 24.5 Å². The smallest absolute Gasteiger partial charge is 0.319 e. The minimum atomic E-state index is -0.376. The van der Waals surface area contributed by atoms with Gasteiger partial charge in [-0.05, 0) is 29.3 Å². The SMILES string of the molecule is COC(=O)CNC(c1ccccc1)c1cc(Cl)ccc1NC(C)=O. The van der Waals surface area contributed by atoms with Crippen LogP contribution in [0.2, 0.25) is 5.02 Å². The van der Waals surface area contributed by atoms with Gasteiger partial charge in [-0.3, -0.25) is 14.9 Å². The summed E-state index contributed by atoms with van der Waals surface area (Å²) in [7, 11) is 1.34. The monoisotopic (exact) mass is 346 g/mol. The molecule has 24 heavy (non-hydrogen) atoms. The van der Waals surface area contributed by atoms with Gasteiger partial charge < -0.3 is 10.1 Å². The molecule has 2 N–H and O–H groups in total. The quantitative estimate of drug-likeness (QED) is 0.788. The fraction of sp³-hybridized carbons (Fsp3) is 0.222. The first-order valence-electron chi connectivity index (χ1n) is 7.43. The molecule has 0 fully saturated rings. The molecular formula is C18H19ClN2O3. The summed E-state index contributed by atoms with van der Waals surface area (Å²) in [6.45, 7) is 1.47. The van der Waals surface area contributed by atoms with Crippen molar-refractivity contribution in [2.45, 2.75) is 13.0 Å². The van der Waals surface area contributed by atoms with E-state index >= 15 is 0 Å². The Bertz CT molecular complexity index is 719. The molecule has 0 spiro atoms. The van der Waals surface area contributed by atoms with Gasteiger partial charge in [-0.15, -0.1) is 0 Å². The maximum atomic E-state index is 11.5. The molecule has 0 bridgehead atoms. The van der Waals surface area contributed by atoms with Crippen LogP contribution in [-0.4, -0.2) is 25.5 Å². The van der Waals surface area contributed by atoms with Gasteiger partial charge in [-0.1, -0.05) is 41.9 Å². The van der Waals surface area contributed by atoms with Crippen molar-refractivity contribution in [3.8, 4) is 0 Å². The molecule has 0 aliphatic carbocycles. The van der Waals surface area contributed by atoms with Crippen molar-refractivity contribution in [3.63, 3.8) is 0 Å². The zero-order valence-electron chi connectivity index (χ0n) is 13.5. The lowest BCUT2D eigenvalue weighted by molar-refractivity contribution is -0.139. The van der Waals surface area contributed by atoms with Crippen molar-refractivity contribution in [1.82, 2.24) is 5.32 Å². The van der Waals surface area contributed by atoms with Crippen LogP contribution >= 0.6 is 11.6 Å². The van der Waals surface area contributed by atoms with Gasteiger partial charge in [0.2, 0.25) is 5.91 Å². The number of methoxy groups -OCH3 is 1. The number of hydrogen-bond donors (Lipinski definition) is 2. The number of rotatable bonds is 6. The van der Waals surface area contributed by atoms with Gasteiger partial charge >= 0.3 is 5.97 Å². The Morgan fingerprint density at radius 2 is 1.88 bits per heavy atom. The largest absolute Gasteiger partial charge is 0.468 e. The molecule has 126 valence electrons. The zero-order valence-corrected chi connectivity index (χ0v) is 14.3. The van der Waals surface area contributed by atoms with Crippen LogP contribution in [0.25, 0.3) is 0 Å². The highest BCUT2D eigenvalue weighted by Crippen LogP contribution is 2.31. The molecule has 2 rings (SSSR count). The summed E-state index contributed by atoms with van der Waals surface area (Å²) in [6, 6.07) is 14.5. The van der Waals surface area contributed by atoms with Crippen LogP contribution in [0, 0.1) is 0 Å². The molecular weight excluding hydrogens is 328 g/mol. The lowest BCUT2D eigenvalue weighted by atomic mass is 9.97. The van der Waals surface area contributed by atoms with E-state index in [0.717, 1.165) is 11.1 Å². The Morgan fingerprint density at radius 3 is 2.50 bits per heavy atom. The molecule has 0 radical (unpaired) electrons. The third kappa shape index (κ3) is 4.81. The maximum absolute atomic E-state index is 11.5. The number of esters is 1. The fourth-order valence-corrected chi connectivity index (χ4v) is 2.57. The van der Waals surface area contributed by atoms with Gasteiger partial charge in [0.15, 0.2) is 0 Å².